The van der Waals surface area contributed by atoms with Crippen molar-refractivity contribution in [1.29, 1.82) is 0 Å². The lowest BCUT2D eigenvalue weighted by Gasteiger charge is -2.18. The number of aromatic amines is 1. The molecule has 0 aliphatic heterocycles. The van der Waals surface area contributed by atoms with E-state index in [-0.39, 0.29) is 22.4 Å². The highest BCUT2D eigenvalue weighted by Gasteiger charge is 2.30. The minimum absolute atomic E-state index is 0.0221. The molecule has 1 saturated carbocycles. The summed E-state index contributed by atoms with van der Waals surface area (Å²) in [7, 11) is -0.778. The highest BCUT2D eigenvalue weighted by atomic mass is 32.2. The van der Waals surface area contributed by atoms with Gasteiger partial charge in [0.05, 0.1) is 16.6 Å². The maximum Gasteiger partial charge on any atom is 0.328 e. The SMILES string of the molecule is CNc1cc2c(cc1S(=O)(=O)N[C@H]1CC[C@@H](Nc3ccccc3)C1)c(=O)[nH]c(=O)n2C. The van der Waals surface area contributed by atoms with Gasteiger partial charge in [-0.1, -0.05) is 18.2 Å². The number of H-pyrrole nitrogens is 1. The molecule has 0 bridgehead atoms. The minimum atomic E-state index is -3.89. The summed E-state index contributed by atoms with van der Waals surface area (Å²) in [4.78, 5) is 26.3. The van der Waals surface area contributed by atoms with Gasteiger partial charge in [-0.05, 0) is 43.5 Å². The summed E-state index contributed by atoms with van der Waals surface area (Å²) in [5, 5.41) is 6.44. The Kier molecular flexibility index (Phi) is 5.59. The lowest BCUT2D eigenvalue weighted by molar-refractivity contribution is 0.551. The third-order valence-corrected chi connectivity index (χ3v) is 7.25. The maximum absolute atomic E-state index is 13.2. The largest absolute Gasteiger partial charge is 0.387 e. The van der Waals surface area contributed by atoms with Crippen molar-refractivity contribution < 1.29 is 8.42 Å². The van der Waals surface area contributed by atoms with Crippen molar-refractivity contribution in [1.82, 2.24) is 14.3 Å². The van der Waals surface area contributed by atoms with Gasteiger partial charge in [-0.25, -0.2) is 17.9 Å². The van der Waals surface area contributed by atoms with E-state index >= 15 is 0 Å². The summed E-state index contributed by atoms with van der Waals surface area (Å²) < 4.78 is 30.4. The summed E-state index contributed by atoms with van der Waals surface area (Å²) >= 11 is 0. The molecule has 0 amide bonds. The number of fused-ring (bicyclic) bond motifs is 1. The first kappa shape index (κ1) is 21.1. The van der Waals surface area contributed by atoms with E-state index in [1.807, 2.05) is 30.3 Å². The van der Waals surface area contributed by atoms with Gasteiger partial charge in [-0.3, -0.25) is 14.3 Å². The molecule has 0 unspecified atom stereocenters. The van der Waals surface area contributed by atoms with Crippen LogP contribution in [0.1, 0.15) is 19.3 Å². The average molecular weight is 444 g/mol. The predicted octanol–water partition coefficient (Wildman–Crippen LogP) is 1.58. The van der Waals surface area contributed by atoms with Crippen molar-refractivity contribution in [2.24, 2.45) is 7.05 Å². The molecule has 0 radical (unpaired) electrons. The zero-order valence-corrected chi connectivity index (χ0v) is 18.1. The fourth-order valence-electron chi connectivity index (χ4n) is 4.08. The first-order valence-electron chi connectivity index (χ1n) is 10.1. The van der Waals surface area contributed by atoms with Gasteiger partial charge >= 0.3 is 5.69 Å². The van der Waals surface area contributed by atoms with Crippen LogP contribution in [0, 0.1) is 0 Å². The first-order valence-corrected chi connectivity index (χ1v) is 11.6. The molecule has 1 fully saturated rings. The molecule has 0 spiro atoms. The van der Waals surface area contributed by atoms with Gasteiger partial charge < -0.3 is 10.6 Å². The Labute approximate surface area is 179 Å². The number of aromatic nitrogens is 2. The van der Waals surface area contributed by atoms with Gasteiger partial charge in [0.2, 0.25) is 10.0 Å². The summed E-state index contributed by atoms with van der Waals surface area (Å²) in [6.07, 6.45) is 2.22. The van der Waals surface area contributed by atoms with Gasteiger partial charge in [0.1, 0.15) is 4.90 Å². The van der Waals surface area contributed by atoms with E-state index in [2.05, 4.69) is 20.3 Å². The Hall–Kier alpha value is -3.11. The molecule has 1 aliphatic carbocycles. The molecule has 1 aliphatic rings. The van der Waals surface area contributed by atoms with E-state index < -0.39 is 21.3 Å². The Bertz CT molecular complexity index is 1330. The topological polar surface area (TPSA) is 125 Å². The number of para-hydroxylation sites is 1. The van der Waals surface area contributed by atoms with Crippen LogP contribution in [0.3, 0.4) is 0 Å². The van der Waals surface area contributed by atoms with Crippen LogP contribution in [0.5, 0.6) is 0 Å². The second-order valence-electron chi connectivity index (χ2n) is 7.77. The quantitative estimate of drug-likeness (QED) is 0.458. The second kappa shape index (κ2) is 8.20. The molecule has 4 rings (SSSR count). The first-order chi connectivity index (χ1) is 14.8. The normalized spacial score (nSPS) is 18.9. The number of benzene rings is 2. The molecule has 2 aromatic carbocycles. The summed E-state index contributed by atoms with van der Waals surface area (Å²) in [5.74, 6) is 0. The number of anilines is 2. The van der Waals surface area contributed by atoms with Crippen LogP contribution in [0.25, 0.3) is 10.9 Å². The lowest BCUT2D eigenvalue weighted by Crippen LogP contribution is -2.34. The van der Waals surface area contributed by atoms with Crippen LogP contribution in [0.15, 0.2) is 56.9 Å². The van der Waals surface area contributed by atoms with Gasteiger partial charge in [0.25, 0.3) is 5.56 Å². The third-order valence-electron chi connectivity index (χ3n) is 5.69. The van der Waals surface area contributed by atoms with Crippen molar-refractivity contribution in [3.63, 3.8) is 0 Å². The number of nitrogens with one attached hydrogen (secondary N) is 4. The van der Waals surface area contributed by atoms with E-state index in [1.54, 1.807) is 7.05 Å². The van der Waals surface area contributed by atoms with Crippen molar-refractivity contribution >= 4 is 32.3 Å². The second-order valence-corrected chi connectivity index (χ2v) is 9.45. The molecule has 0 saturated heterocycles. The van der Waals surface area contributed by atoms with E-state index in [1.165, 1.54) is 23.7 Å². The Morgan fingerprint density at radius 1 is 1.06 bits per heavy atom. The van der Waals surface area contributed by atoms with Crippen LogP contribution in [0.2, 0.25) is 0 Å². The molecular formula is C21H25N5O4S. The lowest BCUT2D eigenvalue weighted by atomic mass is 10.2. The highest BCUT2D eigenvalue weighted by molar-refractivity contribution is 7.89. The summed E-state index contributed by atoms with van der Waals surface area (Å²) in [5.41, 5.74) is 0.497. The Morgan fingerprint density at radius 3 is 2.48 bits per heavy atom. The molecule has 1 aromatic heterocycles. The fraction of sp³-hybridized carbons (Fsp3) is 0.333. The molecule has 3 aromatic rings. The molecule has 2 atom stereocenters. The van der Waals surface area contributed by atoms with Crippen molar-refractivity contribution in [2.45, 2.75) is 36.2 Å². The number of sulfonamides is 1. The van der Waals surface area contributed by atoms with E-state index in [9.17, 15) is 18.0 Å². The van der Waals surface area contributed by atoms with Crippen molar-refractivity contribution in [3.8, 4) is 0 Å². The smallest absolute Gasteiger partial charge is 0.328 e. The summed E-state index contributed by atoms with van der Waals surface area (Å²) in [6, 6.07) is 12.6. The molecule has 31 heavy (non-hydrogen) atoms. The van der Waals surface area contributed by atoms with Gasteiger partial charge in [0, 0.05) is 31.9 Å². The Balaban J connectivity index is 1.60. The molecule has 10 heteroatoms. The van der Waals surface area contributed by atoms with Crippen molar-refractivity contribution in [2.75, 3.05) is 17.7 Å². The van der Waals surface area contributed by atoms with Gasteiger partial charge in [-0.2, -0.15) is 0 Å². The van der Waals surface area contributed by atoms with Crippen LogP contribution >= 0.6 is 0 Å². The zero-order chi connectivity index (χ0) is 22.2. The summed E-state index contributed by atoms with van der Waals surface area (Å²) in [6.45, 7) is 0. The molecule has 4 N–H and O–H groups in total. The Morgan fingerprint density at radius 2 is 1.77 bits per heavy atom. The average Bonchev–Trinajstić information content (AvgIpc) is 3.17. The number of aryl methyl sites for hydroxylation is 1. The van der Waals surface area contributed by atoms with E-state index in [0.29, 0.717) is 24.0 Å². The number of hydrogen-bond donors (Lipinski definition) is 4. The van der Waals surface area contributed by atoms with Gasteiger partial charge in [-0.15, -0.1) is 0 Å². The minimum Gasteiger partial charge on any atom is -0.387 e. The molecular weight excluding hydrogens is 418 g/mol. The monoisotopic (exact) mass is 443 g/mol. The molecule has 9 nitrogen and oxygen atoms in total. The van der Waals surface area contributed by atoms with Gasteiger partial charge in [0.15, 0.2) is 0 Å². The van der Waals surface area contributed by atoms with Crippen LogP contribution in [-0.2, 0) is 17.1 Å². The molecule has 1 heterocycles. The fourth-order valence-corrected chi connectivity index (χ4v) is 5.58. The van der Waals surface area contributed by atoms with Crippen LogP contribution in [0.4, 0.5) is 11.4 Å². The highest BCUT2D eigenvalue weighted by Crippen LogP contribution is 2.28. The van der Waals surface area contributed by atoms with Crippen LogP contribution in [-0.4, -0.2) is 37.1 Å². The molecule has 164 valence electrons. The van der Waals surface area contributed by atoms with Crippen molar-refractivity contribution in [3.05, 3.63) is 63.3 Å². The number of rotatable bonds is 6. The van der Waals surface area contributed by atoms with Crippen LogP contribution < -0.4 is 26.6 Å². The maximum atomic E-state index is 13.2. The zero-order valence-electron chi connectivity index (χ0n) is 17.3. The standard InChI is InChI=1S/C21H25N5O4S/c1-22-17-12-18-16(20(27)24-21(28)26(18)2)11-19(17)31(29,30)25-15-9-8-14(10-15)23-13-6-4-3-5-7-13/h3-7,11-12,14-15,22-23,25H,8-10H2,1-2H3,(H,24,27,28)/t14-,15+/m1/s1. The van der Waals surface area contributed by atoms with E-state index in [4.69, 9.17) is 0 Å². The number of hydrogen-bond acceptors (Lipinski definition) is 6. The number of nitrogens with zero attached hydrogens (tertiary/aromatic N) is 1. The third kappa shape index (κ3) is 4.21. The predicted molar refractivity (Wildman–Crippen MR) is 121 cm³/mol. The van der Waals surface area contributed by atoms with E-state index in [0.717, 1.165) is 12.1 Å².